The third-order valence-electron chi connectivity index (χ3n) is 3.31. The van der Waals surface area contributed by atoms with Gasteiger partial charge in [-0.15, -0.1) is 0 Å². The van der Waals surface area contributed by atoms with Crippen molar-refractivity contribution >= 4 is 5.91 Å². The summed E-state index contributed by atoms with van der Waals surface area (Å²) < 4.78 is 5.17. The van der Waals surface area contributed by atoms with Gasteiger partial charge >= 0.3 is 0 Å². The number of rotatable bonds is 2. The van der Waals surface area contributed by atoms with E-state index in [2.05, 4.69) is 11.4 Å². The fourth-order valence-electron chi connectivity index (χ4n) is 2.33. The van der Waals surface area contributed by atoms with Crippen LogP contribution in [-0.4, -0.2) is 25.2 Å². The van der Waals surface area contributed by atoms with Gasteiger partial charge in [-0.1, -0.05) is 0 Å². The molecule has 2 fully saturated rings. The molecule has 3 unspecified atom stereocenters. The Morgan fingerprint density at radius 1 is 1.40 bits per heavy atom. The van der Waals surface area contributed by atoms with Gasteiger partial charge in [0.15, 0.2) is 0 Å². The molecule has 1 saturated heterocycles. The molecule has 0 spiro atoms. The predicted molar refractivity (Wildman–Crippen MR) is 53.8 cm³/mol. The normalized spacial score (nSPS) is 35.0. The number of carbonyl (C=O) groups excluding carboxylic acids is 1. The van der Waals surface area contributed by atoms with Crippen molar-refractivity contribution in [3.63, 3.8) is 0 Å². The van der Waals surface area contributed by atoms with Gasteiger partial charge in [0.1, 0.15) is 0 Å². The highest BCUT2D eigenvalue weighted by atomic mass is 16.5. The van der Waals surface area contributed by atoms with Crippen molar-refractivity contribution in [3.05, 3.63) is 0 Å². The lowest BCUT2D eigenvalue weighted by molar-refractivity contribution is -0.125. The molecule has 82 valence electrons. The van der Waals surface area contributed by atoms with Gasteiger partial charge in [0.25, 0.3) is 0 Å². The van der Waals surface area contributed by atoms with E-state index in [1.807, 2.05) is 0 Å². The largest absolute Gasteiger partial charge is 0.381 e. The van der Waals surface area contributed by atoms with Gasteiger partial charge in [-0.2, -0.15) is 5.26 Å². The molecule has 2 aliphatic rings. The minimum Gasteiger partial charge on any atom is -0.381 e. The van der Waals surface area contributed by atoms with Gasteiger partial charge in [0.2, 0.25) is 5.91 Å². The van der Waals surface area contributed by atoms with Gasteiger partial charge in [-0.25, -0.2) is 0 Å². The summed E-state index contributed by atoms with van der Waals surface area (Å²) in [5, 5.41) is 11.9. The smallest absolute Gasteiger partial charge is 0.225 e. The number of ether oxygens (including phenoxy) is 1. The Labute approximate surface area is 89.6 Å². The maximum Gasteiger partial charge on any atom is 0.225 e. The second-order valence-electron chi connectivity index (χ2n) is 4.34. The number of hydrogen-bond donors (Lipinski definition) is 1. The van der Waals surface area contributed by atoms with Crippen LogP contribution in [0.1, 0.15) is 25.7 Å². The summed E-state index contributed by atoms with van der Waals surface area (Å²) in [4.78, 5) is 11.8. The van der Waals surface area contributed by atoms with Crippen molar-refractivity contribution in [3.8, 4) is 6.07 Å². The Morgan fingerprint density at radius 3 is 2.93 bits per heavy atom. The van der Waals surface area contributed by atoms with Crippen LogP contribution in [0.25, 0.3) is 0 Å². The average molecular weight is 208 g/mol. The summed E-state index contributed by atoms with van der Waals surface area (Å²) in [6, 6.07) is 2.34. The summed E-state index contributed by atoms with van der Waals surface area (Å²) in [6.07, 6.45) is 3.72. The topological polar surface area (TPSA) is 62.1 Å². The van der Waals surface area contributed by atoms with E-state index in [1.165, 1.54) is 0 Å². The molecule has 1 aliphatic heterocycles. The van der Waals surface area contributed by atoms with Crippen LogP contribution in [0.15, 0.2) is 0 Å². The molecule has 4 nitrogen and oxygen atoms in total. The van der Waals surface area contributed by atoms with E-state index in [-0.39, 0.29) is 23.8 Å². The minimum atomic E-state index is 0.00458. The second-order valence-corrected chi connectivity index (χ2v) is 4.34. The first-order valence-electron chi connectivity index (χ1n) is 5.59. The fourth-order valence-corrected chi connectivity index (χ4v) is 2.33. The molecule has 4 heteroatoms. The van der Waals surface area contributed by atoms with Crippen LogP contribution in [0.5, 0.6) is 0 Å². The molecule has 0 aromatic heterocycles. The number of nitrogens with zero attached hydrogens (tertiary/aromatic N) is 1. The number of amides is 1. The van der Waals surface area contributed by atoms with Gasteiger partial charge in [0.05, 0.1) is 24.5 Å². The second kappa shape index (κ2) is 4.63. The van der Waals surface area contributed by atoms with Crippen LogP contribution < -0.4 is 5.32 Å². The first kappa shape index (κ1) is 10.4. The Balaban J connectivity index is 1.85. The third-order valence-corrected chi connectivity index (χ3v) is 3.31. The van der Waals surface area contributed by atoms with E-state index in [0.717, 1.165) is 25.7 Å². The van der Waals surface area contributed by atoms with Gasteiger partial charge < -0.3 is 10.1 Å². The summed E-state index contributed by atoms with van der Waals surface area (Å²) in [6.45, 7) is 1.22. The Hall–Kier alpha value is -1.08. The van der Waals surface area contributed by atoms with Crippen molar-refractivity contribution in [2.75, 3.05) is 13.2 Å². The molecule has 0 radical (unpaired) electrons. The highest BCUT2D eigenvalue weighted by Gasteiger charge is 2.31. The zero-order valence-electron chi connectivity index (χ0n) is 8.74. The standard InChI is InChI=1S/C11H16N2O2/c12-6-8-2-1-3-10(8)13-11(14)9-4-5-15-7-9/h8-10H,1-5,7H2,(H,13,14). The van der Waals surface area contributed by atoms with Crippen LogP contribution in [0, 0.1) is 23.2 Å². The van der Waals surface area contributed by atoms with Crippen molar-refractivity contribution in [1.82, 2.24) is 5.32 Å². The summed E-state index contributed by atoms with van der Waals surface area (Å²) in [5.74, 6) is 0.0841. The van der Waals surface area contributed by atoms with E-state index in [9.17, 15) is 4.79 Å². The average Bonchev–Trinajstić information content (AvgIpc) is 2.87. The van der Waals surface area contributed by atoms with Gasteiger partial charge in [0, 0.05) is 12.6 Å². The van der Waals surface area contributed by atoms with Crippen molar-refractivity contribution in [2.24, 2.45) is 11.8 Å². The molecule has 1 heterocycles. The van der Waals surface area contributed by atoms with Crippen molar-refractivity contribution in [1.29, 1.82) is 5.26 Å². The van der Waals surface area contributed by atoms with Crippen molar-refractivity contribution in [2.45, 2.75) is 31.7 Å². The van der Waals surface area contributed by atoms with Crippen LogP contribution >= 0.6 is 0 Å². The molecule has 2 rings (SSSR count). The molecule has 0 bridgehead atoms. The van der Waals surface area contributed by atoms with Crippen LogP contribution in [-0.2, 0) is 9.53 Å². The van der Waals surface area contributed by atoms with E-state index in [1.54, 1.807) is 0 Å². The quantitative estimate of drug-likeness (QED) is 0.731. The molecular weight excluding hydrogens is 192 g/mol. The maximum absolute atomic E-state index is 11.8. The maximum atomic E-state index is 11.8. The highest BCUT2D eigenvalue weighted by molar-refractivity contribution is 5.79. The molecule has 3 atom stereocenters. The summed E-state index contributed by atoms with van der Waals surface area (Å²) >= 11 is 0. The first-order valence-corrected chi connectivity index (χ1v) is 5.59. The third kappa shape index (κ3) is 2.29. The molecule has 0 aromatic rings. The number of nitrogens with one attached hydrogen (secondary N) is 1. The highest BCUT2D eigenvalue weighted by Crippen LogP contribution is 2.25. The molecule has 1 saturated carbocycles. The number of hydrogen-bond acceptors (Lipinski definition) is 3. The van der Waals surface area contributed by atoms with Crippen LogP contribution in [0.4, 0.5) is 0 Å². The Morgan fingerprint density at radius 2 is 2.27 bits per heavy atom. The molecule has 1 N–H and O–H groups in total. The first-order chi connectivity index (χ1) is 7.31. The monoisotopic (exact) mass is 208 g/mol. The summed E-state index contributed by atoms with van der Waals surface area (Å²) in [5.41, 5.74) is 0. The van der Waals surface area contributed by atoms with E-state index in [4.69, 9.17) is 10.00 Å². The van der Waals surface area contributed by atoms with Gasteiger partial charge in [-0.05, 0) is 25.7 Å². The predicted octanol–water partition coefficient (Wildman–Crippen LogP) is 0.831. The lowest BCUT2D eigenvalue weighted by Crippen LogP contribution is -2.40. The van der Waals surface area contributed by atoms with Crippen molar-refractivity contribution < 1.29 is 9.53 Å². The molecule has 1 aliphatic carbocycles. The molecule has 15 heavy (non-hydrogen) atoms. The number of nitriles is 1. The fraction of sp³-hybridized carbons (Fsp3) is 0.818. The van der Waals surface area contributed by atoms with Crippen LogP contribution in [0.3, 0.4) is 0 Å². The zero-order valence-corrected chi connectivity index (χ0v) is 8.74. The zero-order chi connectivity index (χ0) is 10.7. The Bertz CT molecular complexity index is 279. The van der Waals surface area contributed by atoms with Crippen LogP contribution in [0.2, 0.25) is 0 Å². The minimum absolute atomic E-state index is 0.00458. The molecule has 0 aromatic carbocycles. The van der Waals surface area contributed by atoms with E-state index in [0.29, 0.717) is 13.2 Å². The Kier molecular flexibility index (Phi) is 3.22. The molecule has 1 amide bonds. The SMILES string of the molecule is N#CC1CCCC1NC(=O)C1CCOC1. The number of carbonyl (C=O) groups is 1. The van der Waals surface area contributed by atoms with E-state index < -0.39 is 0 Å². The lowest BCUT2D eigenvalue weighted by atomic mass is 10.0. The summed E-state index contributed by atoms with van der Waals surface area (Å²) in [7, 11) is 0. The van der Waals surface area contributed by atoms with E-state index >= 15 is 0 Å². The lowest BCUT2D eigenvalue weighted by Gasteiger charge is -2.17. The van der Waals surface area contributed by atoms with Gasteiger partial charge in [-0.3, -0.25) is 4.79 Å². The molecular formula is C11H16N2O2.